The third kappa shape index (κ3) is 4.53. The molecule has 0 unspecified atom stereocenters. The van der Waals surface area contributed by atoms with E-state index in [1.165, 1.54) is 32.1 Å². The number of hydrogen-bond donors (Lipinski definition) is 4. The van der Waals surface area contributed by atoms with Gasteiger partial charge in [0, 0.05) is 5.56 Å². The largest absolute Gasteiger partial charge is 0.504 e. The van der Waals surface area contributed by atoms with E-state index >= 15 is 0 Å². The molecule has 6 heteroatoms. The monoisotopic (exact) mass is 412 g/mol. The zero-order valence-electron chi connectivity index (χ0n) is 17.1. The summed E-state index contributed by atoms with van der Waals surface area (Å²) in [5.41, 5.74) is 0.754. The normalized spacial score (nSPS) is 11.2. The first-order valence-electron chi connectivity index (χ1n) is 10.5. The van der Waals surface area contributed by atoms with Crippen molar-refractivity contribution in [3.05, 3.63) is 46.1 Å². The lowest BCUT2D eigenvalue weighted by atomic mass is 10.0. The van der Waals surface area contributed by atoms with Crippen LogP contribution in [0.2, 0.25) is 0 Å². The molecule has 0 bridgehead atoms. The topological polar surface area (TPSA) is 111 Å². The molecule has 0 saturated carbocycles. The summed E-state index contributed by atoms with van der Waals surface area (Å²) in [5, 5.41) is 39.8. The number of aryl methyl sites for hydroxylation is 1. The molecule has 0 aliphatic heterocycles. The molecule has 3 rings (SSSR count). The third-order valence-corrected chi connectivity index (χ3v) is 5.36. The van der Waals surface area contributed by atoms with Gasteiger partial charge in [-0.3, -0.25) is 4.79 Å². The van der Waals surface area contributed by atoms with Crippen molar-refractivity contribution in [2.45, 2.75) is 58.3 Å². The Kier molecular flexibility index (Phi) is 6.87. The molecule has 1 aromatic heterocycles. The van der Waals surface area contributed by atoms with Gasteiger partial charge in [-0.15, -0.1) is 0 Å². The van der Waals surface area contributed by atoms with Crippen LogP contribution in [0.4, 0.5) is 0 Å². The van der Waals surface area contributed by atoms with Crippen LogP contribution in [0.1, 0.15) is 57.4 Å². The second-order valence-electron chi connectivity index (χ2n) is 7.64. The Morgan fingerprint density at radius 3 is 2.13 bits per heavy atom. The van der Waals surface area contributed by atoms with Crippen LogP contribution in [0.3, 0.4) is 0 Å². The summed E-state index contributed by atoms with van der Waals surface area (Å²) < 4.78 is 5.90. The molecule has 0 amide bonds. The Bertz CT molecular complexity index is 1060. The van der Waals surface area contributed by atoms with Gasteiger partial charge in [0.1, 0.15) is 5.58 Å². The lowest BCUT2D eigenvalue weighted by Gasteiger charge is -2.11. The molecule has 0 aliphatic carbocycles. The molecular weight excluding hydrogens is 384 g/mol. The number of rotatable bonds is 9. The summed E-state index contributed by atoms with van der Waals surface area (Å²) in [6, 6.07) is 7.52. The van der Waals surface area contributed by atoms with E-state index in [1.807, 2.05) is 6.07 Å². The van der Waals surface area contributed by atoms with Gasteiger partial charge >= 0.3 is 0 Å². The van der Waals surface area contributed by atoms with Crippen LogP contribution in [0.15, 0.2) is 39.5 Å². The van der Waals surface area contributed by atoms with Crippen LogP contribution in [0.25, 0.3) is 22.3 Å². The first-order chi connectivity index (χ1) is 14.4. The SMILES string of the molecule is CCCCCCCCCc1cccc2c(=O)c(O)c(-c3cc(O)c(O)c(O)c3)oc12. The van der Waals surface area contributed by atoms with Gasteiger partial charge in [0.25, 0.3) is 0 Å². The van der Waals surface area contributed by atoms with Gasteiger partial charge in [-0.1, -0.05) is 57.6 Å². The van der Waals surface area contributed by atoms with Crippen molar-refractivity contribution in [2.75, 3.05) is 0 Å². The predicted molar refractivity (Wildman–Crippen MR) is 116 cm³/mol. The molecular formula is C24H28O6. The van der Waals surface area contributed by atoms with Crippen LogP contribution in [0.5, 0.6) is 23.0 Å². The molecule has 0 fully saturated rings. The lowest BCUT2D eigenvalue weighted by molar-refractivity contribution is 0.368. The van der Waals surface area contributed by atoms with Crippen molar-refractivity contribution < 1.29 is 24.8 Å². The van der Waals surface area contributed by atoms with Gasteiger partial charge in [-0.05, 0) is 36.6 Å². The van der Waals surface area contributed by atoms with E-state index in [-0.39, 0.29) is 16.7 Å². The molecule has 0 saturated heterocycles. The maximum absolute atomic E-state index is 12.7. The van der Waals surface area contributed by atoms with Gasteiger partial charge in [0.2, 0.25) is 11.2 Å². The summed E-state index contributed by atoms with van der Waals surface area (Å²) in [5.74, 6) is -2.61. The van der Waals surface area contributed by atoms with Crippen LogP contribution < -0.4 is 5.43 Å². The molecule has 3 aromatic rings. The second kappa shape index (κ2) is 9.57. The van der Waals surface area contributed by atoms with Crippen molar-refractivity contribution in [2.24, 2.45) is 0 Å². The first-order valence-corrected chi connectivity index (χ1v) is 10.5. The van der Waals surface area contributed by atoms with Gasteiger partial charge in [-0.2, -0.15) is 0 Å². The summed E-state index contributed by atoms with van der Waals surface area (Å²) in [4.78, 5) is 12.7. The Morgan fingerprint density at radius 2 is 1.47 bits per heavy atom. The number of benzene rings is 2. The highest BCUT2D eigenvalue weighted by Gasteiger charge is 2.19. The Hall–Kier alpha value is -3.15. The molecule has 0 spiro atoms. The molecule has 0 radical (unpaired) electrons. The molecule has 30 heavy (non-hydrogen) atoms. The number of fused-ring (bicyclic) bond motifs is 1. The average Bonchev–Trinajstić information content (AvgIpc) is 2.73. The summed E-state index contributed by atoms with van der Waals surface area (Å²) in [6.07, 6.45) is 8.95. The van der Waals surface area contributed by atoms with Gasteiger partial charge in [-0.25, -0.2) is 0 Å². The van der Waals surface area contributed by atoms with Crippen LogP contribution in [-0.4, -0.2) is 20.4 Å². The highest BCUT2D eigenvalue weighted by Crippen LogP contribution is 2.41. The van der Waals surface area contributed by atoms with E-state index < -0.39 is 28.4 Å². The maximum atomic E-state index is 12.7. The molecule has 6 nitrogen and oxygen atoms in total. The standard InChI is InChI=1S/C24H28O6/c1-2-3-4-5-6-7-8-10-15-11-9-12-17-20(27)22(29)24(30-23(15)17)16-13-18(25)21(28)19(26)14-16/h9,11-14,25-26,28-29H,2-8,10H2,1H3. The van der Waals surface area contributed by atoms with Gasteiger partial charge < -0.3 is 24.8 Å². The molecule has 0 atom stereocenters. The number of aromatic hydroxyl groups is 4. The van der Waals surface area contributed by atoms with E-state index in [1.54, 1.807) is 12.1 Å². The van der Waals surface area contributed by atoms with Crippen molar-refractivity contribution in [1.82, 2.24) is 0 Å². The average molecular weight is 412 g/mol. The molecule has 160 valence electrons. The van der Waals surface area contributed by atoms with E-state index in [4.69, 9.17) is 4.42 Å². The lowest BCUT2D eigenvalue weighted by Crippen LogP contribution is -2.04. The highest BCUT2D eigenvalue weighted by molar-refractivity contribution is 5.84. The molecule has 4 N–H and O–H groups in total. The number of phenols is 3. The van der Waals surface area contributed by atoms with Crippen LogP contribution in [-0.2, 0) is 6.42 Å². The molecule has 2 aromatic carbocycles. The fourth-order valence-corrected chi connectivity index (χ4v) is 3.67. The van der Waals surface area contributed by atoms with E-state index in [0.29, 0.717) is 5.58 Å². The van der Waals surface area contributed by atoms with E-state index in [2.05, 4.69) is 6.92 Å². The van der Waals surface area contributed by atoms with E-state index in [9.17, 15) is 25.2 Å². The van der Waals surface area contributed by atoms with Crippen molar-refractivity contribution in [3.8, 4) is 34.3 Å². The Labute approximate surface area is 175 Å². The van der Waals surface area contributed by atoms with Crippen LogP contribution >= 0.6 is 0 Å². The molecule has 0 aliphatic rings. The second-order valence-corrected chi connectivity index (χ2v) is 7.64. The van der Waals surface area contributed by atoms with Crippen LogP contribution in [0, 0.1) is 0 Å². The third-order valence-electron chi connectivity index (χ3n) is 5.36. The molecule has 1 heterocycles. The number of para-hydroxylation sites is 1. The number of hydrogen-bond acceptors (Lipinski definition) is 6. The van der Waals surface area contributed by atoms with Crippen molar-refractivity contribution in [3.63, 3.8) is 0 Å². The summed E-state index contributed by atoms with van der Waals surface area (Å²) in [6.45, 7) is 2.20. The van der Waals surface area contributed by atoms with Gasteiger partial charge in [0.05, 0.1) is 5.39 Å². The number of unbranched alkanes of at least 4 members (excludes halogenated alkanes) is 6. The Balaban J connectivity index is 1.91. The number of phenolic OH excluding ortho intramolecular Hbond substituents is 3. The smallest absolute Gasteiger partial charge is 0.235 e. The van der Waals surface area contributed by atoms with E-state index in [0.717, 1.165) is 37.0 Å². The fraction of sp³-hybridized carbons (Fsp3) is 0.375. The van der Waals surface area contributed by atoms with Crippen molar-refractivity contribution in [1.29, 1.82) is 0 Å². The predicted octanol–water partition coefficient (Wildman–Crippen LogP) is 5.58. The maximum Gasteiger partial charge on any atom is 0.235 e. The zero-order chi connectivity index (χ0) is 21.7. The first kappa shape index (κ1) is 21.6. The minimum Gasteiger partial charge on any atom is -0.504 e. The highest BCUT2D eigenvalue weighted by atomic mass is 16.4. The fourth-order valence-electron chi connectivity index (χ4n) is 3.67. The summed E-state index contributed by atoms with van der Waals surface area (Å²) >= 11 is 0. The Morgan fingerprint density at radius 1 is 0.833 bits per heavy atom. The summed E-state index contributed by atoms with van der Waals surface area (Å²) in [7, 11) is 0. The quantitative estimate of drug-likeness (QED) is 0.270. The van der Waals surface area contributed by atoms with Gasteiger partial charge in [0.15, 0.2) is 23.0 Å². The zero-order valence-corrected chi connectivity index (χ0v) is 17.1. The minimum atomic E-state index is -0.680. The van der Waals surface area contributed by atoms with Crippen molar-refractivity contribution >= 4 is 11.0 Å². The minimum absolute atomic E-state index is 0.0880.